The van der Waals surface area contributed by atoms with Crippen LogP contribution in [0.2, 0.25) is 0 Å². The Morgan fingerprint density at radius 2 is 1.75 bits per heavy atom. The molecule has 1 aromatic rings. The van der Waals surface area contributed by atoms with Crippen molar-refractivity contribution in [2.24, 2.45) is 0 Å². The third-order valence-corrected chi connectivity index (χ3v) is 4.87. The first-order chi connectivity index (χ1) is 9.67. The number of hydrogen-bond donors (Lipinski definition) is 1. The lowest BCUT2D eigenvalue weighted by molar-refractivity contribution is 0.0365. The largest absolute Gasteiger partial charge is 0.387 e. The summed E-state index contributed by atoms with van der Waals surface area (Å²) in [4.78, 5) is 2.49. The van der Waals surface area contributed by atoms with E-state index in [9.17, 15) is 5.11 Å². The number of benzene rings is 1. The maximum Gasteiger partial charge on any atom is 0.0942 e. The lowest BCUT2D eigenvalue weighted by atomic mass is 9.99. The molecule has 2 unspecified atom stereocenters. The Morgan fingerprint density at radius 1 is 1.15 bits per heavy atom. The van der Waals surface area contributed by atoms with Crippen LogP contribution >= 0.6 is 0 Å². The molecular formula is C18H29NO. The van der Waals surface area contributed by atoms with Gasteiger partial charge in [-0.2, -0.15) is 0 Å². The van der Waals surface area contributed by atoms with E-state index in [4.69, 9.17) is 0 Å². The fourth-order valence-corrected chi connectivity index (χ4v) is 3.53. The standard InChI is InChI=1S/C18H29NO/c1-4-15-10-12-16(13-11-15)18(20)14(3)19(5-2)17-8-6-7-9-17/h10-14,17-18,20H,4-9H2,1-3H3. The Morgan fingerprint density at radius 3 is 2.25 bits per heavy atom. The molecule has 2 heteroatoms. The molecule has 0 heterocycles. The number of rotatable bonds is 6. The first-order valence-corrected chi connectivity index (χ1v) is 8.20. The average Bonchev–Trinajstić information content (AvgIpc) is 3.01. The number of aliphatic hydroxyl groups is 1. The number of nitrogens with zero attached hydrogens (tertiary/aromatic N) is 1. The van der Waals surface area contributed by atoms with Crippen LogP contribution in [0.4, 0.5) is 0 Å². The number of aliphatic hydroxyl groups excluding tert-OH is 1. The molecule has 1 fully saturated rings. The minimum atomic E-state index is -0.388. The second-order valence-corrected chi connectivity index (χ2v) is 6.05. The van der Waals surface area contributed by atoms with Gasteiger partial charge in [-0.1, -0.05) is 51.0 Å². The normalized spacial score (nSPS) is 19.4. The van der Waals surface area contributed by atoms with Gasteiger partial charge in [0.25, 0.3) is 0 Å². The maximum atomic E-state index is 10.7. The molecular weight excluding hydrogens is 246 g/mol. The zero-order valence-corrected chi connectivity index (χ0v) is 13.2. The summed E-state index contributed by atoms with van der Waals surface area (Å²) in [6.45, 7) is 7.56. The Balaban J connectivity index is 2.06. The van der Waals surface area contributed by atoms with Crippen molar-refractivity contribution < 1.29 is 5.11 Å². The number of aryl methyl sites for hydroxylation is 1. The quantitative estimate of drug-likeness (QED) is 0.850. The highest BCUT2D eigenvalue weighted by Gasteiger charge is 2.29. The van der Waals surface area contributed by atoms with Crippen molar-refractivity contribution >= 4 is 0 Å². The van der Waals surface area contributed by atoms with Gasteiger partial charge in [0.2, 0.25) is 0 Å². The van der Waals surface area contributed by atoms with Gasteiger partial charge in [0.05, 0.1) is 6.10 Å². The Labute approximate surface area is 123 Å². The van der Waals surface area contributed by atoms with Crippen molar-refractivity contribution in [1.29, 1.82) is 0 Å². The Hall–Kier alpha value is -0.860. The zero-order valence-electron chi connectivity index (χ0n) is 13.2. The van der Waals surface area contributed by atoms with E-state index in [0.29, 0.717) is 6.04 Å². The van der Waals surface area contributed by atoms with Gasteiger partial charge in [-0.3, -0.25) is 4.90 Å². The summed E-state index contributed by atoms with van der Waals surface area (Å²) in [5.41, 5.74) is 2.38. The molecule has 20 heavy (non-hydrogen) atoms. The van der Waals surface area contributed by atoms with Crippen LogP contribution in [0.25, 0.3) is 0 Å². The van der Waals surface area contributed by atoms with Crippen molar-refractivity contribution in [3.8, 4) is 0 Å². The van der Waals surface area contributed by atoms with Crippen LogP contribution in [0.1, 0.15) is 63.7 Å². The van der Waals surface area contributed by atoms with Crippen LogP contribution in [0, 0.1) is 0 Å². The van der Waals surface area contributed by atoms with E-state index in [1.165, 1.54) is 31.2 Å². The molecule has 1 aliphatic rings. The molecule has 1 aromatic carbocycles. The van der Waals surface area contributed by atoms with Crippen LogP contribution in [-0.4, -0.2) is 28.6 Å². The molecule has 0 spiro atoms. The smallest absolute Gasteiger partial charge is 0.0942 e. The number of hydrogen-bond acceptors (Lipinski definition) is 2. The second kappa shape index (κ2) is 7.24. The van der Waals surface area contributed by atoms with E-state index in [1.54, 1.807) is 0 Å². The highest BCUT2D eigenvalue weighted by Crippen LogP contribution is 2.29. The molecule has 112 valence electrons. The molecule has 2 atom stereocenters. The summed E-state index contributed by atoms with van der Waals surface area (Å²) in [6.07, 6.45) is 5.93. The monoisotopic (exact) mass is 275 g/mol. The highest BCUT2D eigenvalue weighted by molar-refractivity contribution is 5.25. The van der Waals surface area contributed by atoms with Gasteiger partial charge in [-0.15, -0.1) is 0 Å². The summed E-state index contributed by atoms with van der Waals surface area (Å²) in [5.74, 6) is 0. The van der Waals surface area contributed by atoms with Gasteiger partial charge in [0.15, 0.2) is 0 Å². The van der Waals surface area contributed by atoms with Gasteiger partial charge in [-0.05, 0) is 43.9 Å². The van der Waals surface area contributed by atoms with E-state index >= 15 is 0 Å². The molecule has 2 nitrogen and oxygen atoms in total. The van der Waals surface area contributed by atoms with E-state index in [2.05, 4.69) is 49.9 Å². The van der Waals surface area contributed by atoms with Crippen molar-refractivity contribution in [3.05, 3.63) is 35.4 Å². The van der Waals surface area contributed by atoms with Gasteiger partial charge in [-0.25, -0.2) is 0 Å². The fourth-order valence-electron chi connectivity index (χ4n) is 3.53. The summed E-state index contributed by atoms with van der Waals surface area (Å²) < 4.78 is 0. The molecule has 0 saturated heterocycles. The predicted octanol–water partition coefficient (Wildman–Crippen LogP) is 3.94. The van der Waals surface area contributed by atoms with Crippen LogP contribution < -0.4 is 0 Å². The van der Waals surface area contributed by atoms with Gasteiger partial charge >= 0.3 is 0 Å². The second-order valence-electron chi connectivity index (χ2n) is 6.05. The summed E-state index contributed by atoms with van der Waals surface area (Å²) in [5, 5.41) is 10.7. The highest BCUT2D eigenvalue weighted by atomic mass is 16.3. The van der Waals surface area contributed by atoms with E-state index in [0.717, 1.165) is 18.5 Å². The van der Waals surface area contributed by atoms with Crippen molar-refractivity contribution in [1.82, 2.24) is 4.90 Å². The minimum absolute atomic E-state index is 0.190. The molecule has 2 rings (SSSR count). The van der Waals surface area contributed by atoms with Crippen molar-refractivity contribution in [2.45, 2.75) is 71.1 Å². The maximum absolute atomic E-state index is 10.7. The molecule has 0 aromatic heterocycles. The lowest BCUT2D eigenvalue weighted by Gasteiger charge is -2.36. The summed E-state index contributed by atoms with van der Waals surface area (Å²) in [7, 11) is 0. The molecule has 1 N–H and O–H groups in total. The fraction of sp³-hybridized carbons (Fsp3) is 0.667. The van der Waals surface area contributed by atoms with Crippen LogP contribution in [0.15, 0.2) is 24.3 Å². The zero-order chi connectivity index (χ0) is 14.5. The number of likely N-dealkylation sites (N-methyl/N-ethyl adjacent to an activating group) is 1. The Kier molecular flexibility index (Phi) is 5.62. The first-order valence-electron chi connectivity index (χ1n) is 8.20. The molecule has 0 radical (unpaired) electrons. The summed E-state index contributed by atoms with van der Waals surface area (Å²) in [6, 6.07) is 9.30. The van der Waals surface area contributed by atoms with Crippen LogP contribution in [0.3, 0.4) is 0 Å². The molecule has 0 bridgehead atoms. The van der Waals surface area contributed by atoms with Crippen LogP contribution in [0.5, 0.6) is 0 Å². The third kappa shape index (κ3) is 3.42. The lowest BCUT2D eigenvalue weighted by Crippen LogP contribution is -2.43. The van der Waals surface area contributed by atoms with Gasteiger partial charge < -0.3 is 5.11 Å². The van der Waals surface area contributed by atoms with Crippen molar-refractivity contribution in [2.75, 3.05) is 6.54 Å². The molecule has 1 saturated carbocycles. The van der Waals surface area contributed by atoms with Crippen molar-refractivity contribution in [3.63, 3.8) is 0 Å². The minimum Gasteiger partial charge on any atom is -0.387 e. The van der Waals surface area contributed by atoms with E-state index in [-0.39, 0.29) is 12.1 Å². The average molecular weight is 275 g/mol. The molecule has 0 aliphatic heterocycles. The predicted molar refractivity (Wildman–Crippen MR) is 84.9 cm³/mol. The van der Waals surface area contributed by atoms with Crippen LogP contribution in [-0.2, 0) is 6.42 Å². The van der Waals surface area contributed by atoms with Gasteiger partial charge in [0.1, 0.15) is 0 Å². The van der Waals surface area contributed by atoms with E-state index in [1.807, 2.05) is 0 Å². The molecule has 0 amide bonds. The Bertz CT molecular complexity index is 394. The van der Waals surface area contributed by atoms with E-state index < -0.39 is 0 Å². The third-order valence-electron chi connectivity index (χ3n) is 4.87. The summed E-state index contributed by atoms with van der Waals surface area (Å²) >= 11 is 0. The van der Waals surface area contributed by atoms with Gasteiger partial charge in [0, 0.05) is 12.1 Å². The SMILES string of the molecule is CCc1ccc(C(O)C(C)N(CC)C2CCCC2)cc1. The topological polar surface area (TPSA) is 23.5 Å². The first kappa shape index (κ1) is 15.5. The molecule has 1 aliphatic carbocycles.